The summed E-state index contributed by atoms with van der Waals surface area (Å²) in [5.74, 6) is -2.41. The number of amides is 2. The van der Waals surface area contributed by atoms with Gasteiger partial charge in [-0.05, 0) is 44.0 Å². The Morgan fingerprint density at radius 2 is 1.62 bits per heavy atom. The molecule has 1 aliphatic heterocycles. The van der Waals surface area contributed by atoms with Crippen molar-refractivity contribution in [2.45, 2.75) is 6.36 Å². The van der Waals surface area contributed by atoms with E-state index in [0.29, 0.717) is 0 Å². The molecule has 2 heterocycles. The third kappa shape index (κ3) is 3.09. The Bertz CT molecular complexity index is 1010. The second-order valence-corrected chi connectivity index (χ2v) is 6.77. The van der Waals surface area contributed by atoms with E-state index in [9.17, 15) is 27.6 Å². The molecule has 1 aliphatic rings. The fraction of sp³-hybridized carbons (Fsp3) is 0.0714. The minimum absolute atomic E-state index is 0.0320. The third-order valence-corrected chi connectivity index (χ3v) is 4.61. The standard InChI is InChI=1S/C14H6Br2F3N3O4/c15-6-1-4(26-14(17,18)19)2-7(16)10(6)22-8(23)3-5-9(11(22)20)13(25)21-12(5)24/h1-3H,20H2,(H,21,24,25). The number of anilines is 1. The fourth-order valence-electron chi connectivity index (χ4n) is 2.46. The van der Waals surface area contributed by atoms with Crippen molar-refractivity contribution in [1.82, 2.24) is 9.88 Å². The number of aromatic nitrogens is 1. The van der Waals surface area contributed by atoms with Crippen molar-refractivity contribution in [2.24, 2.45) is 0 Å². The summed E-state index contributed by atoms with van der Waals surface area (Å²) in [6.07, 6.45) is -4.90. The van der Waals surface area contributed by atoms with E-state index in [0.717, 1.165) is 22.8 Å². The highest BCUT2D eigenvalue weighted by atomic mass is 79.9. The molecule has 3 rings (SSSR count). The lowest BCUT2D eigenvalue weighted by atomic mass is 10.1. The average molecular weight is 497 g/mol. The Morgan fingerprint density at radius 3 is 2.15 bits per heavy atom. The smallest absolute Gasteiger partial charge is 0.406 e. The number of pyridine rings is 1. The molecule has 12 heteroatoms. The number of alkyl halides is 3. The lowest BCUT2D eigenvalue weighted by Crippen LogP contribution is -2.25. The first-order valence-corrected chi connectivity index (χ1v) is 8.24. The van der Waals surface area contributed by atoms with Gasteiger partial charge < -0.3 is 10.5 Å². The zero-order chi connectivity index (χ0) is 19.4. The van der Waals surface area contributed by atoms with Gasteiger partial charge in [-0.3, -0.25) is 24.3 Å². The minimum Gasteiger partial charge on any atom is -0.406 e. The molecule has 3 N–H and O–H groups in total. The number of ether oxygens (including phenoxy) is 1. The molecule has 1 aromatic carbocycles. The number of benzene rings is 1. The van der Waals surface area contributed by atoms with Crippen LogP contribution in [0, 0.1) is 0 Å². The summed E-state index contributed by atoms with van der Waals surface area (Å²) < 4.78 is 41.9. The maximum Gasteiger partial charge on any atom is 0.573 e. The summed E-state index contributed by atoms with van der Waals surface area (Å²) >= 11 is 6.12. The molecule has 7 nitrogen and oxygen atoms in total. The van der Waals surface area contributed by atoms with Crippen LogP contribution >= 0.6 is 31.9 Å². The second kappa shape index (κ2) is 6.13. The topological polar surface area (TPSA) is 103 Å². The Morgan fingerprint density at radius 1 is 1.04 bits per heavy atom. The number of rotatable bonds is 2. The summed E-state index contributed by atoms with van der Waals surface area (Å²) in [5, 5.41) is 2.01. The maximum absolute atomic E-state index is 12.4. The van der Waals surface area contributed by atoms with Crippen molar-refractivity contribution in [3.8, 4) is 11.4 Å². The van der Waals surface area contributed by atoms with Crippen LogP contribution in [0.3, 0.4) is 0 Å². The van der Waals surface area contributed by atoms with Crippen LogP contribution in [-0.4, -0.2) is 22.7 Å². The fourth-order valence-corrected chi connectivity index (χ4v) is 3.96. The number of imide groups is 1. The molecule has 2 aromatic rings. The summed E-state index contributed by atoms with van der Waals surface area (Å²) in [4.78, 5) is 35.9. The predicted octanol–water partition coefficient (Wildman–Crippen LogP) is 2.73. The third-order valence-electron chi connectivity index (χ3n) is 3.40. The zero-order valence-electron chi connectivity index (χ0n) is 12.3. The molecule has 0 fully saturated rings. The molecule has 0 unspecified atom stereocenters. The van der Waals surface area contributed by atoms with Gasteiger partial charge in [0.05, 0.1) is 16.8 Å². The summed E-state index contributed by atoms with van der Waals surface area (Å²) in [7, 11) is 0. The Balaban J connectivity index is 2.23. The number of nitrogens with one attached hydrogen (secondary N) is 1. The van der Waals surface area contributed by atoms with Crippen molar-refractivity contribution in [1.29, 1.82) is 0 Å². The highest BCUT2D eigenvalue weighted by Crippen LogP contribution is 2.37. The van der Waals surface area contributed by atoms with Gasteiger partial charge in [0.15, 0.2) is 0 Å². The normalized spacial score (nSPS) is 13.6. The number of nitrogens with two attached hydrogens (primary N) is 1. The molecule has 0 bridgehead atoms. The molecule has 0 radical (unpaired) electrons. The molecule has 0 aliphatic carbocycles. The number of hydrogen-bond acceptors (Lipinski definition) is 5. The van der Waals surface area contributed by atoms with E-state index in [1.54, 1.807) is 0 Å². The first-order chi connectivity index (χ1) is 12.0. The van der Waals surface area contributed by atoms with Gasteiger partial charge in [0, 0.05) is 15.0 Å². The molecule has 2 amide bonds. The first-order valence-electron chi connectivity index (χ1n) is 6.66. The quantitative estimate of drug-likeness (QED) is 0.622. The molecular weight excluding hydrogens is 491 g/mol. The van der Waals surface area contributed by atoms with Crippen LogP contribution in [0.4, 0.5) is 19.0 Å². The Hall–Kier alpha value is -2.34. The van der Waals surface area contributed by atoms with Crippen LogP contribution < -0.4 is 21.3 Å². The van der Waals surface area contributed by atoms with Gasteiger partial charge in [-0.25, -0.2) is 0 Å². The lowest BCUT2D eigenvalue weighted by Gasteiger charge is -2.17. The zero-order valence-corrected chi connectivity index (χ0v) is 15.5. The molecule has 0 spiro atoms. The van der Waals surface area contributed by atoms with Crippen molar-refractivity contribution in [3.05, 3.63) is 48.6 Å². The largest absolute Gasteiger partial charge is 0.573 e. The van der Waals surface area contributed by atoms with Crippen molar-refractivity contribution in [2.75, 3.05) is 5.73 Å². The van der Waals surface area contributed by atoms with E-state index in [2.05, 4.69) is 36.6 Å². The van der Waals surface area contributed by atoms with Gasteiger partial charge >= 0.3 is 6.36 Å². The Labute approximate surface area is 159 Å². The van der Waals surface area contributed by atoms with E-state index in [1.807, 2.05) is 5.32 Å². The number of fused-ring (bicyclic) bond motifs is 1. The lowest BCUT2D eigenvalue weighted by molar-refractivity contribution is -0.274. The van der Waals surface area contributed by atoms with E-state index in [1.165, 1.54) is 0 Å². The van der Waals surface area contributed by atoms with Crippen LogP contribution in [0.5, 0.6) is 5.75 Å². The van der Waals surface area contributed by atoms with Crippen LogP contribution in [0.1, 0.15) is 20.7 Å². The number of nitrogens with zero attached hydrogens (tertiary/aromatic N) is 1. The van der Waals surface area contributed by atoms with Crippen molar-refractivity contribution < 1.29 is 27.5 Å². The van der Waals surface area contributed by atoms with Crippen molar-refractivity contribution >= 4 is 49.5 Å². The van der Waals surface area contributed by atoms with Gasteiger partial charge in [-0.2, -0.15) is 0 Å². The summed E-state index contributed by atoms with van der Waals surface area (Å²) in [5.41, 5.74) is 4.82. The highest BCUT2D eigenvalue weighted by molar-refractivity contribution is 9.11. The van der Waals surface area contributed by atoms with Gasteiger partial charge in [0.1, 0.15) is 11.6 Å². The SMILES string of the molecule is Nc1c2c(cc(=O)n1-c1c(Br)cc(OC(F)(F)F)cc1Br)C(=O)NC2=O. The number of carbonyl (C=O) groups excluding carboxylic acids is 2. The van der Waals surface area contributed by atoms with E-state index in [4.69, 9.17) is 5.73 Å². The molecular formula is C14H6Br2F3N3O4. The molecule has 0 atom stereocenters. The molecule has 26 heavy (non-hydrogen) atoms. The Kier molecular flexibility index (Phi) is 4.35. The molecule has 0 saturated carbocycles. The molecule has 1 aromatic heterocycles. The maximum atomic E-state index is 12.4. The monoisotopic (exact) mass is 495 g/mol. The van der Waals surface area contributed by atoms with Crippen molar-refractivity contribution in [3.63, 3.8) is 0 Å². The highest BCUT2D eigenvalue weighted by Gasteiger charge is 2.34. The van der Waals surface area contributed by atoms with Crippen LogP contribution in [-0.2, 0) is 0 Å². The second-order valence-electron chi connectivity index (χ2n) is 5.06. The van der Waals surface area contributed by atoms with Gasteiger partial charge in [-0.1, -0.05) is 0 Å². The van der Waals surface area contributed by atoms with Crippen LogP contribution in [0.25, 0.3) is 5.69 Å². The van der Waals surface area contributed by atoms with Gasteiger partial charge in [-0.15, -0.1) is 13.2 Å². The first kappa shape index (κ1) is 18.5. The van der Waals surface area contributed by atoms with Gasteiger partial charge in [0.25, 0.3) is 17.4 Å². The van der Waals surface area contributed by atoms with Gasteiger partial charge in [0.2, 0.25) is 0 Å². The van der Waals surface area contributed by atoms with E-state index in [-0.39, 0.29) is 31.6 Å². The number of carbonyl (C=O) groups is 2. The minimum atomic E-state index is -4.90. The number of halogens is 5. The van der Waals surface area contributed by atoms with E-state index < -0.39 is 29.5 Å². The summed E-state index contributed by atoms with van der Waals surface area (Å²) in [6, 6.07) is 2.89. The molecule has 0 saturated heterocycles. The number of hydrogen-bond donors (Lipinski definition) is 2. The van der Waals surface area contributed by atoms with Crippen LogP contribution in [0.2, 0.25) is 0 Å². The number of nitrogen functional groups attached to an aromatic ring is 1. The van der Waals surface area contributed by atoms with Crippen LogP contribution in [0.15, 0.2) is 31.9 Å². The predicted molar refractivity (Wildman–Crippen MR) is 90.3 cm³/mol. The average Bonchev–Trinajstić information content (AvgIpc) is 2.74. The molecule has 136 valence electrons. The summed E-state index contributed by atoms with van der Waals surface area (Å²) in [6.45, 7) is 0. The van der Waals surface area contributed by atoms with E-state index >= 15 is 0 Å².